The first-order chi connectivity index (χ1) is 28.8. The van der Waals surface area contributed by atoms with Gasteiger partial charge in [-0.1, -0.05) is 129 Å². The average Bonchev–Trinajstić information content (AvgIpc) is 3.72. The molecule has 6 unspecified atom stereocenters. The lowest BCUT2D eigenvalue weighted by molar-refractivity contribution is -0.000160. The van der Waals surface area contributed by atoms with Crippen molar-refractivity contribution in [3.8, 4) is 39.1 Å². The minimum Gasteiger partial charge on any atom is -0.497 e. The molecule has 4 fully saturated rings. The number of benzene rings is 6. The minimum atomic E-state index is -0.136. The number of nitrogens with zero attached hydrogens (tertiary/aromatic N) is 1. The largest absolute Gasteiger partial charge is 0.497 e. The fourth-order valence-corrected chi connectivity index (χ4v) is 13.5. The average molecular weight is 768 g/mol. The Morgan fingerprint density at radius 2 is 1.25 bits per heavy atom. The van der Waals surface area contributed by atoms with Gasteiger partial charge in [0, 0.05) is 16.8 Å². The van der Waals surface area contributed by atoms with Crippen molar-refractivity contribution in [2.75, 3.05) is 12.0 Å². The topological polar surface area (TPSA) is 12.5 Å². The molecule has 6 atom stereocenters. The van der Waals surface area contributed by atoms with Gasteiger partial charge in [-0.3, -0.25) is 0 Å². The Kier molecular flexibility index (Phi) is 7.76. The van der Waals surface area contributed by atoms with Crippen LogP contribution >= 0.6 is 0 Å². The molecule has 2 nitrogen and oxygen atoms in total. The maximum atomic E-state index is 5.42. The summed E-state index contributed by atoms with van der Waals surface area (Å²) in [4.78, 5) is 2.55. The molecule has 1 spiro atoms. The highest BCUT2D eigenvalue weighted by Gasteiger charge is 2.70. The third kappa shape index (κ3) is 5.37. The molecule has 6 aromatic rings. The zero-order valence-corrected chi connectivity index (χ0v) is 34.6. The van der Waals surface area contributed by atoms with Gasteiger partial charge in [0.25, 0.3) is 0 Å². The summed E-state index contributed by atoms with van der Waals surface area (Å²) in [6.45, 7) is 4.85. The Morgan fingerprint density at radius 3 is 1.98 bits per heavy atom. The number of fused-ring (bicyclic) bond motifs is 5. The molecule has 0 aliphatic heterocycles. The van der Waals surface area contributed by atoms with Crippen molar-refractivity contribution in [1.29, 1.82) is 0 Å². The normalized spacial score (nSPS) is 27.4. The van der Waals surface area contributed by atoms with E-state index in [-0.39, 0.29) is 11.5 Å². The fourth-order valence-electron chi connectivity index (χ4n) is 13.5. The van der Waals surface area contributed by atoms with Gasteiger partial charge in [0.2, 0.25) is 0 Å². The first-order valence-corrected chi connectivity index (χ1v) is 22.2. The second-order valence-corrected chi connectivity index (χ2v) is 19.6. The molecule has 0 amide bonds. The Balaban J connectivity index is 0.860. The van der Waals surface area contributed by atoms with E-state index in [1.165, 1.54) is 106 Å². The summed E-state index contributed by atoms with van der Waals surface area (Å²) >= 11 is 0. The quantitative estimate of drug-likeness (QED) is 0.153. The Hall–Kier alpha value is -5.60. The van der Waals surface area contributed by atoms with Gasteiger partial charge in [-0.25, -0.2) is 0 Å². The molecule has 0 aromatic heterocycles. The van der Waals surface area contributed by atoms with Crippen molar-refractivity contribution in [3.63, 3.8) is 0 Å². The van der Waals surface area contributed by atoms with E-state index in [9.17, 15) is 0 Å². The first-order valence-electron chi connectivity index (χ1n) is 22.2. The van der Waals surface area contributed by atoms with Gasteiger partial charge >= 0.3 is 0 Å². The van der Waals surface area contributed by atoms with Crippen molar-refractivity contribution in [2.24, 2.45) is 23.2 Å². The molecule has 6 aliphatic rings. The lowest BCUT2D eigenvalue weighted by Gasteiger charge is -2.49. The summed E-state index contributed by atoms with van der Waals surface area (Å²) in [6.07, 6.45) is 17.0. The fraction of sp³-hybridized carbons (Fsp3) is 0.298. The van der Waals surface area contributed by atoms with Crippen LogP contribution in [-0.4, -0.2) is 13.2 Å². The van der Waals surface area contributed by atoms with E-state index >= 15 is 0 Å². The SMILES string of the molecule is COc1ccc(-c2ccc(N(c3ccc4c(c3)C(C)(C)c3cc(-c5ccc(C67CC8CC9CC(C6)C9(C8)C7)cc5)ccc3-4)C3C=CC(c4ccccc4)=CC3)cc2)cc1. The van der Waals surface area contributed by atoms with Gasteiger partial charge < -0.3 is 9.64 Å². The van der Waals surface area contributed by atoms with Crippen LogP contribution < -0.4 is 9.64 Å². The van der Waals surface area contributed by atoms with Crippen LogP contribution in [0.2, 0.25) is 0 Å². The summed E-state index contributed by atoms with van der Waals surface area (Å²) in [5, 5.41) is 0. The van der Waals surface area contributed by atoms with Crippen LogP contribution in [0.15, 0.2) is 158 Å². The highest BCUT2D eigenvalue weighted by atomic mass is 16.5. The van der Waals surface area contributed by atoms with Gasteiger partial charge in [-0.05, 0) is 177 Å². The monoisotopic (exact) mass is 767 g/mol. The number of ether oxygens (including phenoxy) is 1. The molecule has 4 saturated carbocycles. The summed E-state index contributed by atoms with van der Waals surface area (Å²) in [7, 11) is 1.72. The predicted molar refractivity (Wildman–Crippen MR) is 244 cm³/mol. The molecule has 6 aliphatic carbocycles. The van der Waals surface area contributed by atoms with Crippen molar-refractivity contribution < 1.29 is 4.74 Å². The lowest BCUT2D eigenvalue weighted by Crippen LogP contribution is -2.42. The molecule has 2 heteroatoms. The predicted octanol–water partition coefficient (Wildman–Crippen LogP) is 14.4. The Morgan fingerprint density at radius 1 is 0.593 bits per heavy atom. The van der Waals surface area contributed by atoms with Crippen LogP contribution in [0, 0.1) is 23.2 Å². The lowest BCUT2D eigenvalue weighted by atomic mass is 9.55. The summed E-state index contributed by atoms with van der Waals surface area (Å²) in [5.74, 6) is 3.90. The molecule has 0 heterocycles. The van der Waals surface area contributed by atoms with E-state index < -0.39 is 0 Å². The molecule has 0 radical (unpaired) electrons. The molecular weight excluding hydrogens is 715 g/mol. The van der Waals surface area contributed by atoms with E-state index in [4.69, 9.17) is 4.74 Å². The van der Waals surface area contributed by atoms with E-state index in [1.54, 1.807) is 12.7 Å². The zero-order chi connectivity index (χ0) is 39.5. The highest BCUT2D eigenvalue weighted by molar-refractivity contribution is 5.86. The van der Waals surface area contributed by atoms with Gasteiger partial charge in [-0.15, -0.1) is 0 Å². The third-order valence-electron chi connectivity index (χ3n) is 16.3. The summed E-state index contributed by atoms with van der Waals surface area (Å²) in [5.41, 5.74) is 18.2. The summed E-state index contributed by atoms with van der Waals surface area (Å²) in [6, 6.07) is 52.8. The Bertz CT molecular complexity index is 2660. The second-order valence-electron chi connectivity index (χ2n) is 19.6. The first kappa shape index (κ1) is 35.4. The molecule has 3 bridgehead atoms. The van der Waals surface area contributed by atoms with Gasteiger partial charge in [0.1, 0.15) is 5.75 Å². The maximum Gasteiger partial charge on any atom is 0.118 e. The van der Waals surface area contributed by atoms with Crippen LogP contribution in [0.1, 0.15) is 81.0 Å². The highest BCUT2D eigenvalue weighted by Crippen LogP contribution is 2.79. The Labute approximate surface area is 350 Å². The van der Waals surface area contributed by atoms with Crippen molar-refractivity contribution >= 4 is 16.9 Å². The number of methoxy groups -OCH3 is 1. The molecular formula is C57H53NO. The van der Waals surface area contributed by atoms with E-state index in [0.29, 0.717) is 5.41 Å². The van der Waals surface area contributed by atoms with E-state index in [0.717, 1.165) is 35.3 Å². The summed E-state index contributed by atoms with van der Waals surface area (Å²) < 4.78 is 5.42. The van der Waals surface area contributed by atoms with Crippen molar-refractivity contribution in [2.45, 2.75) is 75.7 Å². The number of rotatable bonds is 8. The van der Waals surface area contributed by atoms with Crippen LogP contribution in [0.5, 0.6) is 5.75 Å². The third-order valence-corrected chi connectivity index (χ3v) is 16.3. The molecule has 0 N–H and O–H groups in total. The smallest absolute Gasteiger partial charge is 0.118 e. The number of hydrogen-bond donors (Lipinski definition) is 0. The number of hydrogen-bond acceptors (Lipinski definition) is 2. The van der Waals surface area contributed by atoms with Crippen molar-refractivity contribution in [3.05, 3.63) is 180 Å². The molecule has 12 rings (SSSR count). The van der Waals surface area contributed by atoms with Crippen LogP contribution in [0.3, 0.4) is 0 Å². The minimum absolute atomic E-state index is 0.136. The zero-order valence-electron chi connectivity index (χ0n) is 34.6. The van der Waals surface area contributed by atoms with Gasteiger partial charge in [0.15, 0.2) is 0 Å². The second kappa shape index (κ2) is 12.9. The van der Waals surface area contributed by atoms with Crippen LogP contribution in [0.4, 0.5) is 11.4 Å². The molecule has 6 aromatic carbocycles. The van der Waals surface area contributed by atoms with Gasteiger partial charge in [-0.2, -0.15) is 0 Å². The molecule has 292 valence electrons. The maximum absolute atomic E-state index is 5.42. The van der Waals surface area contributed by atoms with Crippen LogP contribution in [0.25, 0.3) is 39.0 Å². The molecule has 59 heavy (non-hydrogen) atoms. The van der Waals surface area contributed by atoms with Crippen molar-refractivity contribution in [1.82, 2.24) is 0 Å². The number of allylic oxidation sites excluding steroid dienone is 2. The standard InChI is InChI=1S/C57H53NO/c1-55(2)53-30-43(42-9-18-44(19-10-42)56-33-37-29-45-31-46(35-56)57(45,34-37)36-56)17-27-51(53)52-28-24-49(32-54(52)55)58(47-20-11-39(12-21-47)38-7-5-4-6-8-38)48-22-13-40(14-23-48)41-15-25-50(59-3)26-16-41/h4-20,22-28,30,32,37,45-47H,21,29,31,33-36H2,1-3H3. The van der Waals surface area contributed by atoms with Crippen LogP contribution in [-0.2, 0) is 10.8 Å². The van der Waals surface area contributed by atoms with E-state index in [1.807, 2.05) is 12.1 Å². The van der Waals surface area contributed by atoms with E-state index in [2.05, 4.69) is 164 Å². The number of anilines is 2. The van der Waals surface area contributed by atoms with Gasteiger partial charge in [0.05, 0.1) is 13.2 Å². The molecule has 0 saturated heterocycles.